The van der Waals surface area contributed by atoms with Gasteiger partial charge in [0.1, 0.15) is 0 Å². The van der Waals surface area contributed by atoms with Crippen LogP contribution in [0.2, 0.25) is 36.3 Å². The van der Waals surface area contributed by atoms with Gasteiger partial charge in [-0.3, -0.25) is 4.18 Å². The molecule has 2 aromatic carbocycles. The molecule has 0 amide bonds. The minimum atomic E-state index is -3.70. The maximum Gasteiger partial charge on any atom is 0.297 e. The summed E-state index contributed by atoms with van der Waals surface area (Å²) >= 11 is 0. The Labute approximate surface area is 304 Å². The Morgan fingerprint density at radius 3 is 1.37 bits per heavy atom. The van der Waals surface area contributed by atoms with Crippen LogP contribution >= 0.6 is 10.7 Å². The van der Waals surface area contributed by atoms with Gasteiger partial charge in [-0.05, 0) is 113 Å². The molecule has 4 rings (SSSR count). The maximum atomic E-state index is 12.4. The monoisotopic (exact) mass is 776 g/mol. The molecule has 2 fully saturated rings. The molecule has 13 heteroatoms. The number of hydrogen-bond donors (Lipinski definition) is 1. The van der Waals surface area contributed by atoms with Crippen molar-refractivity contribution in [2.24, 2.45) is 0 Å². The van der Waals surface area contributed by atoms with Crippen LogP contribution in [-0.4, -0.2) is 63.0 Å². The van der Waals surface area contributed by atoms with Crippen molar-refractivity contribution in [1.29, 1.82) is 0 Å². The van der Waals surface area contributed by atoms with Crippen LogP contribution in [0.1, 0.15) is 91.2 Å². The Bertz CT molecular complexity index is 1550. The molecular weight excluding hydrogens is 716 g/mol. The lowest BCUT2D eigenvalue weighted by Gasteiger charge is -2.38. The number of hydrogen-bond acceptors (Lipinski definition) is 8. The van der Waals surface area contributed by atoms with Crippen LogP contribution in [0, 0.1) is 13.8 Å². The summed E-state index contributed by atoms with van der Waals surface area (Å²) in [6.07, 6.45) is 5.04. The first-order chi connectivity index (χ1) is 22.1. The van der Waals surface area contributed by atoms with Crippen LogP contribution in [0.15, 0.2) is 58.3 Å². The Hall–Kier alpha value is -1.10. The van der Waals surface area contributed by atoms with Crippen molar-refractivity contribution < 1.29 is 35.0 Å². The molecule has 2 aliphatic carbocycles. The highest BCUT2D eigenvalue weighted by molar-refractivity contribution is 8.13. The summed E-state index contributed by atoms with van der Waals surface area (Å²) in [6, 6.07) is 13.1. The van der Waals surface area contributed by atoms with Gasteiger partial charge < -0.3 is 14.0 Å². The van der Waals surface area contributed by atoms with Gasteiger partial charge in [-0.1, -0.05) is 76.9 Å². The number of aryl methyl sites for hydroxylation is 2. The molecular formula is C36H61ClO8S2Si2. The van der Waals surface area contributed by atoms with E-state index >= 15 is 0 Å². The molecule has 0 heterocycles. The second-order valence-electron chi connectivity index (χ2n) is 16.5. The molecule has 1 N–H and O–H groups in total. The first-order valence-corrected chi connectivity index (χ1v) is 26.7. The number of rotatable bonds is 8. The highest BCUT2D eigenvalue weighted by Crippen LogP contribution is 2.41. The summed E-state index contributed by atoms with van der Waals surface area (Å²) in [4.78, 5) is 0.367. The standard InChI is InChI=1S/C18H30O4SSi.C11H24O2Si.C7H7ClO2S/c1-14-7-11-17(12-8-14)23(19,20)21-15-9-10-16(13-15)22-24(5,6)18(2,3)4;1-11(2,3)14(4,5)13-10-7-6-9(12)8-10;1-6-2-4-7(5-3-6)11(8,9)10/h7-8,11-12,15-16H,9-10,13H2,1-6H3;9-10,12H,6-8H2,1-5H3;2-5H,1H3. The third-order valence-electron chi connectivity index (χ3n) is 10.1. The van der Waals surface area contributed by atoms with E-state index in [1.54, 1.807) is 36.4 Å². The molecule has 8 nitrogen and oxygen atoms in total. The van der Waals surface area contributed by atoms with E-state index in [0.717, 1.165) is 43.2 Å². The number of benzene rings is 2. The van der Waals surface area contributed by atoms with E-state index in [1.807, 2.05) is 13.8 Å². The van der Waals surface area contributed by atoms with E-state index in [1.165, 1.54) is 12.1 Å². The second-order valence-corrected chi connectivity index (χ2v) is 30.2. The summed E-state index contributed by atoms with van der Waals surface area (Å²) in [5.74, 6) is 0. The molecule has 0 radical (unpaired) electrons. The van der Waals surface area contributed by atoms with Crippen molar-refractivity contribution in [2.75, 3.05) is 0 Å². The molecule has 0 saturated heterocycles. The average Bonchev–Trinajstić information content (AvgIpc) is 3.54. The lowest BCUT2D eigenvalue weighted by molar-refractivity contribution is 0.141. The van der Waals surface area contributed by atoms with Gasteiger partial charge >= 0.3 is 0 Å². The van der Waals surface area contributed by atoms with Crippen LogP contribution in [0.4, 0.5) is 0 Å². The molecule has 0 aliphatic heterocycles. The first-order valence-electron chi connectivity index (χ1n) is 17.2. The van der Waals surface area contributed by atoms with Gasteiger partial charge in [0.2, 0.25) is 0 Å². The lowest BCUT2D eigenvalue weighted by Crippen LogP contribution is -2.43. The summed E-state index contributed by atoms with van der Waals surface area (Å²) in [7, 11) is -5.61. The second kappa shape index (κ2) is 17.2. The highest BCUT2D eigenvalue weighted by Gasteiger charge is 2.42. The van der Waals surface area contributed by atoms with Crippen LogP contribution in [0.5, 0.6) is 0 Å². The van der Waals surface area contributed by atoms with Crippen molar-refractivity contribution >= 4 is 46.5 Å². The molecule has 0 spiro atoms. The zero-order valence-corrected chi connectivity index (χ0v) is 36.1. The SMILES string of the molecule is CC(C)(C)[Si](C)(C)OC1CCC(O)C1.Cc1ccc(S(=O)(=O)Cl)cc1.Cc1ccc(S(=O)(=O)OC2CCC(O[Si](C)(C)C(C)(C)C)C2)cc1. The molecule has 0 bridgehead atoms. The van der Waals surface area contributed by atoms with Crippen molar-refractivity contribution in [2.45, 2.75) is 164 Å². The van der Waals surface area contributed by atoms with Gasteiger partial charge in [-0.2, -0.15) is 8.42 Å². The number of aliphatic hydroxyl groups is 1. The largest absolute Gasteiger partial charge is 0.414 e. The van der Waals surface area contributed by atoms with Crippen LogP contribution in [0.3, 0.4) is 0 Å². The van der Waals surface area contributed by atoms with E-state index < -0.39 is 35.8 Å². The summed E-state index contributed by atoms with van der Waals surface area (Å²) in [5, 5.41) is 9.87. The van der Waals surface area contributed by atoms with E-state index in [2.05, 4.69) is 67.7 Å². The van der Waals surface area contributed by atoms with E-state index in [-0.39, 0.29) is 38.2 Å². The van der Waals surface area contributed by atoms with Gasteiger partial charge in [0.15, 0.2) is 16.6 Å². The fourth-order valence-electron chi connectivity index (χ4n) is 4.95. The first kappa shape index (κ1) is 44.1. The zero-order valence-electron chi connectivity index (χ0n) is 31.7. The van der Waals surface area contributed by atoms with Gasteiger partial charge in [-0.25, -0.2) is 8.42 Å². The minimum absolute atomic E-state index is 0.101. The molecule has 2 aromatic rings. The predicted molar refractivity (Wildman–Crippen MR) is 205 cm³/mol. The third kappa shape index (κ3) is 14.1. The Morgan fingerprint density at radius 2 is 1.00 bits per heavy atom. The molecule has 2 saturated carbocycles. The fourth-order valence-corrected chi connectivity index (χ4v) is 9.63. The van der Waals surface area contributed by atoms with Crippen molar-refractivity contribution in [3.63, 3.8) is 0 Å². The fraction of sp³-hybridized carbons (Fsp3) is 0.667. The minimum Gasteiger partial charge on any atom is -0.414 e. The normalized spacial score (nSPS) is 22.2. The van der Waals surface area contributed by atoms with Crippen molar-refractivity contribution in [3.05, 3.63) is 59.7 Å². The van der Waals surface area contributed by atoms with E-state index in [4.69, 9.17) is 23.7 Å². The molecule has 2 aliphatic rings. The predicted octanol–water partition coefficient (Wildman–Crippen LogP) is 9.49. The third-order valence-corrected chi connectivity index (χ3v) is 21.9. The number of aliphatic hydroxyl groups excluding tert-OH is 1. The van der Waals surface area contributed by atoms with Crippen LogP contribution in [-0.2, 0) is 32.2 Å². The average molecular weight is 778 g/mol. The van der Waals surface area contributed by atoms with Crippen LogP contribution in [0.25, 0.3) is 0 Å². The quantitative estimate of drug-likeness (QED) is 0.160. The Kier molecular flexibility index (Phi) is 15.4. The van der Waals surface area contributed by atoms with Gasteiger partial charge in [0, 0.05) is 22.9 Å². The lowest BCUT2D eigenvalue weighted by atomic mass is 10.2. The van der Waals surface area contributed by atoms with Crippen molar-refractivity contribution in [3.8, 4) is 0 Å². The van der Waals surface area contributed by atoms with E-state index in [9.17, 15) is 21.9 Å². The smallest absolute Gasteiger partial charge is 0.297 e. The highest BCUT2D eigenvalue weighted by atomic mass is 35.7. The Balaban J connectivity index is 0.000000282. The molecule has 4 unspecified atom stereocenters. The molecule has 4 atom stereocenters. The summed E-state index contributed by atoms with van der Waals surface area (Å²) in [6.45, 7) is 26.2. The van der Waals surface area contributed by atoms with Crippen molar-refractivity contribution in [1.82, 2.24) is 0 Å². The van der Waals surface area contributed by atoms with Gasteiger partial charge in [0.05, 0.1) is 22.0 Å². The van der Waals surface area contributed by atoms with Gasteiger partial charge in [-0.15, -0.1) is 0 Å². The van der Waals surface area contributed by atoms with E-state index in [0.29, 0.717) is 12.5 Å². The molecule has 49 heavy (non-hydrogen) atoms. The summed E-state index contributed by atoms with van der Waals surface area (Å²) in [5.41, 5.74) is 2.03. The zero-order chi connectivity index (χ0) is 37.6. The topological polar surface area (TPSA) is 116 Å². The van der Waals surface area contributed by atoms with Gasteiger partial charge in [0.25, 0.3) is 19.2 Å². The molecule has 0 aromatic heterocycles. The van der Waals surface area contributed by atoms with Crippen LogP contribution < -0.4 is 0 Å². The number of halogens is 1. The maximum absolute atomic E-state index is 12.4. The molecule has 280 valence electrons. The summed E-state index contributed by atoms with van der Waals surface area (Å²) < 4.78 is 64.3. The Morgan fingerprint density at radius 1 is 0.633 bits per heavy atom.